The molecule has 1 aliphatic rings. The number of furan rings is 1. The molecule has 150 valence electrons. The number of nitrogens with two attached hydrogens (primary N) is 1. The van der Waals surface area contributed by atoms with Gasteiger partial charge in [-0.2, -0.15) is 4.98 Å². The van der Waals surface area contributed by atoms with E-state index in [1.54, 1.807) is 29.3 Å². The Kier molecular flexibility index (Phi) is 5.23. The van der Waals surface area contributed by atoms with Crippen LogP contribution in [-0.4, -0.2) is 58.0 Å². The zero-order valence-electron chi connectivity index (χ0n) is 15.7. The van der Waals surface area contributed by atoms with E-state index in [0.29, 0.717) is 55.7 Å². The first kappa shape index (κ1) is 18.7. The summed E-state index contributed by atoms with van der Waals surface area (Å²) in [6.45, 7) is 2.23. The van der Waals surface area contributed by atoms with Crippen molar-refractivity contribution in [1.29, 1.82) is 0 Å². The van der Waals surface area contributed by atoms with Gasteiger partial charge in [0.2, 0.25) is 17.6 Å². The summed E-state index contributed by atoms with van der Waals surface area (Å²) < 4.78 is 10.2. The third kappa shape index (κ3) is 4.10. The number of aromatic nitrogens is 3. The maximum Gasteiger partial charge on any atom is 0.252 e. The van der Waals surface area contributed by atoms with Crippen LogP contribution in [0.3, 0.4) is 0 Å². The van der Waals surface area contributed by atoms with E-state index in [2.05, 4.69) is 15.1 Å². The van der Waals surface area contributed by atoms with Gasteiger partial charge >= 0.3 is 0 Å². The minimum Gasteiger partial charge on any atom is -0.472 e. The fourth-order valence-corrected chi connectivity index (χ4v) is 3.25. The molecule has 0 bridgehead atoms. The Balaban J connectivity index is 1.30. The fourth-order valence-electron chi connectivity index (χ4n) is 3.25. The van der Waals surface area contributed by atoms with Gasteiger partial charge in [0.1, 0.15) is 12.1 Å². The molecule has 10 heteroatoms. The molecule has 0 radical (unpaired) electrons. The number of amides is 2. The van der Waals surface area contributed by atoms with Crippen LogP contribution in [0.4, 0.5) is 5.82 Å². The van der Waals surface area contributed by atoms with Gasteiger partial charge in [-0.15, -0.1) is 0 Å². The zero-order valence-corrected chi connectivity index (χ0v) is 15.7. The molecule has 0 aromatic carbocycles. The van der Waals surface area contributed by atoms with Crippen molar-refractivity contribution in [2.24, 2.45) is 5.73 Å². The number of anilines is 1. The van der Waals surface area contributed by atoms with Crippen molar-refractivity contribution in [3.05, 3.63) is 48.4 Å². The van der Waals surface area contributed by atoms with Crippen LogP contribution in [0.5, 0.6) is 0 Å². The molecule has 3 aromatic heterocycles. The van der Waals surface area contributed by atoms with E-state index in [1.165, 1.54) is 12.5 Å². The summed E-state index contributed by atoms with van der Waals surface area (Å²) in [5.41, 5.74) is 6.54. The minimum atomic E-state index is -0.513. The van der Waals surface area contributed by atoms with Gasteiger partial charge < -0.3 is 24.5 Å². The number of aryl methyl sites for hydroxylation is 1. The lowest BCUT2D eigenvalue weighted by molar-refractivity contribution is -0.131. The standard InChI is InChI=1S/C19H20N6O4/c20-17(27)14-2-1-6-21-19(14)25-9-7-24(8-10-25)16(26)4-3-15-22-18(23-29-15)13-5-11-28-12-13/h1-2,5-6,11-12H,3-4,7-10H2,(H2,20,27). The molecular formula is C19H20N6O4. The lowest BCUT2D eigenvalue weighted by Gasteiger charge is -2.36. The quantitative estimate of drug-likeness (QED) is 0.655. The average molecular weight is 396 g/mol. The van der Waals surface area contributed by atoms with Crippen molar-refractivity contribution < 1.29 is 18.5 Å². The maximum atomic E-state index is 12.5. The average Bonchev–Trinajstić information content (AvgIpc) is 3.44. The summed E-state index contributed by atoms with van der Waals surface area (Å²) in [6, 6.07) is 5.08. The number of hydrogen-bond donors (Lipinski definition) is 1. The Morgan fingerprint density at radius 3 is 2.72 bits per heavy atom. The van der Waals surface area contributed by atoms with Gasteiger partial charge in [-0.25, -0.2) is 4.98 Å². The summed E-state index contributed by atoms with van der Waals surface area (Å²) in [5.74, 6) is 0.915. The molecule has 10 nitrogen and oxygen atoms in total. The van der Waals surface area contributed by atoms with Crippen LogP contribution < -0.4 is 10.6 Å². The molecule has 2 amide bonds. The first-order valence-electron chi connectivity index (χ1n) is 9.24. The van der Waals surface area contributed by atoms with Gasteiger partial charge in [-0.05, 0) is 18.2 Å². The molecule has 0 atom stereocenters. The van der Waals surface area contributed by atoms with Crippen LogP contribution in [0, 0.1) is 0 Å². The minimum absolute atomic E-state index is 0.0175. The Labute approximate surface area is 166 Å². The molecule has 0 saturated carbocycles. The van der Waals surface area contributed by atoms with E-state index >= 15 is 0 Å². The van der Waals surface area contributed by atoms with Crippen LogP contribution >= 0.6 is 0 Å². The van der Waals surface area contributed by atoms with Gasteiger partial charge in [0.05, 0.1) is 17.4 Å². The van der Waals surface area contributed by atoms with Gasteiger partial charge in [0.25, 0.3) is 5.91 Å². The Morgan fingerprint density at radius 1 is 1.17 bits per heavy atom. The first-order chi connectivity index (χ1) is 14.1. The molecule has 4 rings (SSSR count). The smallest absolute Gasteiger partial charge is 0.252 e. The fraction of sp³-hybridized carbons (Fsp3) is 0.316. The predicted molar refractivity (Wildman–Crippen MR) is 102 cm³/mol. The molecule has 29 heavy (non-hydrogen) atoms. The van der Waals surface area contributed by atoms with E-state index in [0.717, 1.165) is 5.56 Å². The second kappa shape index (κ2) is 8.13. The lowest BCUT2D eigenvalue weighted by Crippen LogP contribution is -2.49. The number of carbonyl (C=O) groups is 2. The van der Waals surface area contributed by atoms with E-state index in [1.807, 2.05) is 4.90 Å². The van der Waals surface area contributed by atoms with E-state index in [9.17, 15) is 9.59 Å². The van der Waals surface area contributed by atoms with Crippen molar-refractivity contribution in [3.8, 4) is 11.4 Å². The SMILES string of the molecule is NC(=O)c1cccnc1N1CCN(C(=O)CCc2nc(-c3ccoc3)no2)CC1. The number of carbonyl (C=O) groups excluding carboxylic acids is 2. The summed E-state index contributed by atoms with van der Waals surface area (Å²) in [4.78, 5) is 36.5. The number of pyridine rings is 1. The van der Waals surface area contributed by atoms with Crippen molar-refractivity contribution >= 4 is 17.6 Å². The number of hydrogen-bond acceptors (Lipinski definition) is 8. The first-order valence-corrected chi connectivity index (χ1v) is 9.24. The van der Waals surface area contributed by atoms with Crippen LogP contribution in [0.25, 0.3) is 11.4 Å². The predicted octanol–water partition coefficient (Wildman–Crippen LogP) is 1.10. The second-order valence-corrected chi connectivity index (χ2v) is 6.63. The Hall–Kier alpha value is -3.69. The van der Waals surface area contributed by atoms with Gasteiger partial charge in [-0.3, -0.25) is 9.59 Å². The van der Waals surface area contributed by atoms with Gasteiger partial charge in [0.15, 0.2) is 0 Å². The zero-order chi connectivity index (χ0) is 20.2. The molecule has 0 unspecified atom stereocenters. The molecule has 3 aromatic rings. The van der Waals surface area contributed by atoms with Crippen LogP contribution in [0.2, 0.25) is 0 Å². The highest BCUT2D eigenvalue weighted by atomic mass is 16.5. The Bertz CT molecular complexity index is 992. The number of rotatable bonds is 6. The van der Waals surface area contributed by atoms with Crippen molar-refractivity contribution in [2.75, 3.05) is 31.1 Å². The van der Waals surface area contributed by atoms with E-state index in [4.69, 9.17) is 14.7 Å². The largest absolute Gasteiger partial charge is 0.472 e. The van der Waals surface area contributed by atoms with Gasteiger partial charge in [-0.1, -0.05) is 5.16 Å². The van der Waals surface area contributed by atoms with Gasteiger partial charge in [0, 0.05) is 45.2 Å². The molecule has 4 heterocycles. The summed E-state index contributed by atoms with van der Waals surface area (Å²) in [5, 5.41) is 3.89. The number of piperazine rings is 1. The highest BCUT2D eigenvalue weighted by Gasteiger charge is 2.24. The molecule has 0 aliphatic carbocycles. The normalized spacial score (nSPS) is 14.2. The monoisotopic (exact) mass is 396 g/mol. The van der Waals surface area contributed by atoms with Crippen molar-refractivity contribution in [1.82, 2.24) is 20.0 Å². The third-order valence-electron chi connectivity index (χ3n) is 4.78. The molecule has 1 saturated heterocycles. The highest BCUT2D eigenvalue weighted by Crippen LogP contribution is 2.19. The second-order valence-electron chi connectivity index (χ2n) is 6.63. The van der Waals surface area contributed by atoms with Crippen LogP contribution in [0.1, 0.15) is 22.7 Å². The lowest BCUT2D eigenvalue weighted by atomic mass is 10.2. The third-order valence-corrected chi connectivity index (χ3v) is 4.78. The molecular weight excluding hydrogens is 376 g/mol. The van der Waals surface area contributed by atoms with Crippen LogP contribution in [-0.2, 0) is 11.2 Å². The number of nitrogens with zero attached hydrogens (tertiary/aromatic N) is 5. The van der Waals surface area contributed by atoms with E-state index in [-0.39, 0.29) is 12.3 Å². The maximum absolute atomic E-state index is 12.5. The highest BCUT2D eigenvalue weighted by molar-refractivity contribution is 5.97. The van der Waals surface area contributed by atoms with Crippen molar-refractivity contribution in [3.63, 3.8) is 0 Å². The summed E-state index contributed by atoms with van der Waals surface area (Å²) in [7, 11) is 0. The molecule has 1 fully saturated rings. The van der Waals surface area contributed by atoms with Crippen LogP contribution in [0.15, 0.2) is 45.9 Å². The van der Waals surface area contributed by atoms with E-state index < -0.39 is 5.91 Å². The van der Waals surface area contributed by atoms with Crippen molar-refractivity contribution in [2.45, 2.75) is 12.8 Å². The Morgan fingerprint density at radius 2 is 2.00 bits per heavy atom. The molecule has 0 spiro atoms. The topological polar surface area (TPSA) is 132 Å². The summed E-state index contributed by atoms with van der Waals surface area (Å²) >= 11 is 0. The molecule has 2 N–H and O–H groups in total. The summed E-state index contributed by atoms with van der Waals surface area (Å²) in [6.07, 6.45) is 5.34. The number of primary amides is 1. The molecule has 1 aliphatic heterocycles.